The molecule has 0 amide bonds. The van der Waals surface area contributed by atoms with E-state index in [0.717, 1.165) is 0 Å². The molecular formula is Na2Ru6. The average Bonchev–Trinajstić information content (AvgIpc) is 0. The molecule has 0 aromatic heterocycles. The Morgan fingerprint density at radius 2 is 0.250 bits per heavy atom. The minimum atomic E-state index is 0. The molecule has 0 rings (SSSR count). The summed E-state index contributed by atoms with van der Waals surface area (Å²) in [6.07, 6.45) is 0. The summed E-state index contributed by atoms with van der Waals surface area (Å²) in [5, 5.41) is 0. The van der Waals surface area contributed by atoms with Crippen LogP contribution < -0.4 is 0 Å². The largest absolute Gasteiger partial charge is 0 e. The molecule has 0 aromatic rings. The van der Waals surface area contributed by atoms with Gasteiger partial charge >= 0.3 is 0 Å². The van der Waals surface area contributed by atoms with Crippen molar-refractivity contribution in [2.45, 2.75) is 0 Å². The molecule has 0 spiro atoms. The van der Waals surface area contributed by atoms with Crippen LogP contribution >= 0.6 is 0 Å². The molecule has 0 atom stereocenters. The summed E-state index contributed by atoms with van der Waals surface area (Å²) in [6, 6.07) is 0. The fraction of sp³-hybridized carbons (Fsp3) is 0. The third-order valence-corrected chi connectivity index (χ3v) is 0. The van der Waals surface area contributed by atoms with Crippen molar-refractivity contribution in [3.05, 3.63) is 0 Å². The molecule has 8 heavy (non-hydrogen) atoms. The van der Waals surface area contributed by atoms with Crippen LogP contribution in [0.15, 0.2) is 0 Å². The van der Waals surface area contributed by atoms with Gasteiger partial charge in [-0.15, -0.1) is 0 Å². The Bertz CT molecular complexity index is 6.49. The van der Waals surface area contributed by atoms with Crippen LogP contribution in [0.3, 0.4) is 0 Å². The van der Waals surface area contributed by atoms with E-state index in [4.69, 9.17) is 0 Å². The third-order valence-electron chi connectivity index (χ3n) is 0. The molecule has 0 saturated carbocycles. The molecule has 8 heteroatoms. The van der Waals surface area contributed by atoms with E-state index in [-0.39, 0.29) is 176 Å². The molecular weight excluding hydrogens is 652 g/mol. The molecule has 0 aromatic carbocycles. The fourth-order valence-corrected chi connectivity index (χ4v) is 0. The monoisotopic (exact) mass is 657 g/mol. The van der Waals surface area contributed by atoms with Gasteiger partial charge in [0.15, 0.2) is 0 Å². The summed E-state index contributed by atoms with van der Waals surface area (Å²) in [7, 11) is 0. The maximum Gasteiger partial charge on any atom is 0 e. The van der Waals surface area contributed by atoms with Crippen molar-refractivity contribution >= 4 is 59.1 Å². The maximum absolute atomic E-state index is 0. The van der Waals surface area contributed by atoms with Crippen LogP contribution in [0, 0.1) is 0 Å². The number of rotatable bonds is 0. The van der Waals surface area contributed by atoms with Crippen molar-refractivity contribution < 1.29 is 117 Å². The molecule has 0 N–H and O–H groups in total. The van der Waals surface area contributed by atoms with Gasteiger partial charge in [0.2, 0.25) is 0 Å². The molecule has 2 radical (unpaired) electrons. The molecule has 50 valence electrons. The summed E-state index contributed by atoms with van der Waals surface area (Å²) in [5.41, 5.74) is 0. The summed E-state index contributed by atoms with van der Waals surface area (Å²) < 4.78 is 0. The standard InChI is InChI=1S/2Na.6Ru. The quantitative estimate of drug-likeness (QED) is 0.302. The Balaban J connectivity index is 0. The van der Waals surface area contributed by atoms with Crippen molar-refractivity contribution in [2.24, 2.45) is 0 Å². The van der Waals surface area contributed by atoms with E-state index in [2.05, 4.69) is 0 Å². The second kappa shape index (κ2) is 53.3. The smallest absolute Gasteiger partial charge is 0 e. The van der Waals surface area contributed by atoms with Crippen LogP contribution in [-0.2, 0) is 117 Å². The van der Waals surface area contributed by atoms with Crippen molar-refractivity contribution in [2.75, 3.05) is 0 Å². The van der Waals surface area contributed by atoms with Crippen LogP contribution in [0.4, 0.5) is 0 Å². The third kappa shape index (κ3) is 41.1. The maximum atomic E-state index is 0. The Morgan fingerprint density at radius 3 is 0.250 bits per heavy atom. The van der Waals surface area contributed by atoms with Crippen LogP contribution in [-0.4, -0.2) is 59.1 Å². The zero-order valence-corrected chi connectivity index (χ0v) is 18.5. The first kappa shape index (κ1) is 67.7. The molecule has 0 bridgehead atoms. The minimum Gasteiger partial charge on any atom is 0 e. The summed E-state index contributed by atoms with van der Waals surface area (Å²) in [5.74, 6) is 0. The van der Waals surface area contributed by atoms with Crippen molar-refractivity contribution in [3.63, 3.8) is 0 Å². The van der Waals surface area contributed by atoms with Gasteiger partial charge in [0.25, 0.3) is 0 Å². The van der Waals surface area contributed by atoms with Crippen LogP contribution in [0.5, 0.6) is 0 Å². The van der Waals surface area contributed by atoms with Gasteiger partial charge in [-0.2, -0.15) is 0 Å². The van der Waals surface area contributed by atoms with Crippen molar-refractivity contribution in [1.29, 1.82) is 0 Å². The van der Waals surface area contributed by atoms with E-state index in [1.807, 2.05) is 0 Å². The minimum absolute atomic E-state index is 0. The molecule has 0 aliphatic carbocycles. The Kier molecular flexibility index (Phi) is 451. The number of hydrogen-bond acceptors (Lipinski definition) is 0. The van der Waals surface area contributed by atoms with E-state index in [0.29, 0.717) is 0 Å². The molecule has 0 aliphatic heterocycles. The second-order valence-electron chi connectivity index (χ2n) is 0. The van der Waals surface area contributed by atoms with E-state index in [1.165, 1.54) is 0 Å². The molecule has 0 heterocycles. The SMILES string of the molecule is [Na].[Na].[Ru].[Ru].[Ru].[Ru].[Ru].[Ru]. The Labute approximate surface area is 171 Å². The van der Waals surface area contributed by atoms with Gasteiger partial charge in [-0.05, 0) is 0 Å². The van der Waals surface area contributed by atoms with Gasteiger partial charge < -0.3 is 0 Å². The van der Waals surface area contributed by atoms with Crippen LogP contribution in [0.1, 0.15) is 0 Å². The zero-order valence-electron chi connectivity index (χ0n) is 4.12. The molecule has 0 fully saturated rings. The van der Waals surface area contributed by atoms with Crippen molar-refractivity contribution in [1.82, 2.24) is 0 Å². The zero-order chi connectivity index (χ0) is 0. The summed E-state index contributed by atoms with van der Waals surface area (Å²) in [4.78, 5) is 0. The van der Waals surface area contributed by atoms with Gasteiger partial charge in [0, 0.05) is 176 Å². The fourth-order valence-electron chi connectivity index (χ4n) is 0. The molecule has 0 nitrogen and oxygen atoms in total. The number of hydrogen-bond donors (Lipinski definition) is 0. The molecule has 0 aliphatic rings. The topological polar surface area (TPSA) is 0 Å². The van der Waals surface area contributed by atoms with E-state index in [9.17, 15) is 0 Å². The first-order chi connectivity index (χ1) is 0. The normalized spacial score (nSPS) is 0. The van der Waals surface area contributed by atoms with Gasteiger partial charge in [-0.3, -0.25) is 0 Å². The Hall–Kier alpha value is 5.74. The predicted molar refractivity (Wildman–Crippen MR) is 11.5 cm³/mol. The Morgan fingerprint density at radius 1 is 0.250 bits per heavy atom. The van der Waals surface area contributed by atoms with Gasteiger partial charge in [0.1, 0.15) is 0 Å². The summed E-state index contributed by atoms with van der Waals surface area (Å²) in [6.45, 7) is 0. The molecule has 0 unspecified atom stereocenters. The second-order valence-corrected chi connectivity index (χ2v) is 0. The average molecular weight is 652 g/mol. The van der Waals surface area contributed by atoms with E-state index >= 15 is 0 Å². The van der Waals surface area contributed by atoms with Crippen molar-refractivity contribution in [3.8, 4) is 0 Å². The van der Waals surface area contributed by atoms with E-state index < -0.39 is 0 Å². The van der Waals surface area contributed by atoms with Gasteiger partial charge in [-0.25, -0.2) is 0 Å². The van der Waals surface area contributed by atoms with Gasteiger partial charge in [0.05, 0.1) is 0 Å². The van der Waals surface area contributed by atoms with Crippen LogP contribution in [0.2, 0.25) is 0 Å². The predicted octanol–water partition coefficient (Wildman–Crippen LogP) is -0.777. The van der Waals surface area contributed by atoms with Crippen LogP contribution in [0.25, 0.3) is 0 Å². The first-order valence-corrected chi connectivity index (χ1v) is 0. The molecule has 0 saturated heterocycles. The van der Waals surface area contributed by atoms with Gasteiger partial charge in [-0.1, -0.05) is 0 Å². The van der Waals surface area contributed by atoms with E-state index in [1.54, 1.807) is 0 Å². The summed E-state index contributed by atoms with van der Waals surface area (Å²) >= 11 is 0. The first-order valence-electron chi connectivity index (χ1n) is 0.